The average molecular weight is 147 g/mol. The van der Waals surface area contributed by atoms with Crippen LogP contribution in [0.4, 0.5) is 0 Å². The van der Waals surface area contributed by atoms with Crippen LogP contribution in [0.2, 0.25) is 0 Å². The molecule has 0 saturated carbocycles. The lowest BCUT2D eigenvalue weighted by Gasteiger charge is -2.30. The molecule has 0 spiro atoms. The van der Waals surface area contributed by atoms with Gasteiger partial charge in [0.15, 0.2) is 0 Å². The Hall–Kier alpha value is -0.160. The second kappa shape index (κ2) is 3.30. The summed E-state index contributed by atoms with van der Waals surface area (Å²) in [5.74, 6) is 0. The average Bonchev–Trinajstić information content (AvgIpc) is 1.88. The van der Waals surface area contributed by atoms with Crippen LogP contribution < -0.4 is 5.32 Å². The van der Waals surface area contributed by atoms with E-state index in [4.69, 9.17) is 15.3 Å². The van der Waals surface area contributed by atoms with Crippen LogP contribution in [0.15, 0.2) is 0 Å². The van der Waals surface area contributed by atoms with Gasteiger partial charge >= 0.3 is 0 Å². The summed E-state index contributed by atoms with van der Waals surface area (Å²) in [4.78, 5) is 0. The first kappa shape index (κ1) is 7.94. The minimum Gasteiger partial charge on any atom is -0.395 e. The minimum absolute atomic E-state index is 0.0755. The first-order valence-electron chi connectivity index (χ1n) is 3.44. The van der Waals surface area contributed by atoms with Crippen molar-refractivity contribution in [1.82, 2.24) is 5.32 Å². The number of aliphatic hydroxyl groups is 3. The highest BCUT2D eigenvalue weighted by atomic mass is 16.3. The van der Waals surface area contributed by atoms with Crippen molar-refractivity contribution in [1.29, 1.82) is 0 Å². The van der Waals surface area contributed by atoms with E-state index in [9.17, 15) is 0 Å². The molecule has 2 unspecified atom stereocenters. The topological polar surface area (TPSA) is 72.7 Å². The summed E-state index contributed by atoms with van der Waals surface area (Å²) in [6.07, 6.45) is -0.732. The van der Waals surface area contributed by atoms with E-state index in [0.29, 0.717) is 13.0 Å². The highest BCUT2D eigenvalue weighted by molar-refractivity contribution is 4.84. The first-order valence-corrected chi connectivity index (χ1v) is 3.44. The van der Waals surface area contributed by atoms with E-state index in [1.807, 2.05) is 0 Å². The van der Waals surface area contributed by atoms with E-state index in [1.54, 1.807) is 0 Å². The number of rotatable bonds is 1. The van der Waals surface area contributed by atoms with Gasteiger partial charge in [-0.1, -0.05) is 0 Å². The molecule has 0 radical (unpaired) electrons. The predicted molar refractivity (Wildman–Crippen MR) is 35.5 cm³/mol. The molecule has 1 fully saturated rings. The van der Waals surface area contributed by atoms with Crippen molar-refractivity contribution < 1.29 is 15.3 Å². The Kier molecular flexibility index (Phi) is 2.62. The van der Waals surface area contributed by atoms with E-state index in [2.05, 4.69) is 5.32 Å². The molecule has 0 aromatic heterocycles. The maximum Gasteiger partial charge on any atom is 0.0740 e. The van der Waals surface area contributed by atoms with Gasteiger partial charge in [0.05, 0.1) is 24.9 Å². The maximum atomic E-state index is 9.16. The van der Waals surface area contributed by atoms with Crippen molar-refractivity contribution in [2.45, 2.75) is 24.7 Å². The molecule has 1 aliphatic heterocycles. The normalized spacial score (nSPS) is 41.7. The largest absolute Gasteiger partial charge is 0.395 e. The molecule has 0 aromatic carbocycles. The van der Waals surface area contributed by atoms with Crippen molar-refractivity contribution in [2.24, 2.45) is 0 Å². The fraction of sp³-hybridized carbons (Fsp3) is 1.00. The van der Waals surface area contributed by atoms with Crippen LogP contribution in [-0.4, -0.2) is 46.7 Å². The number of hydrogen-bond donors (Lipinski definition) is 4. The van der Waals surface area contributed by atoms with E-state index < -0.39 is 12.2 Å². The second-order valence-electron chi connectivity index (χ2n) is 2.65. The number of β-amino-alcohol motifs (C(OH)–C–C–N with tert-alkyl or cyclic N) is 1. The summed E-state index contributed by atoms with van der Waals surface area (Å²) in [5, 5.41) is 29.6. The Bertz CT molecular complexity index is 109. The number of hydrogen-bond acceptors (Lipinski definition) is 4. The van der Waals surface area contributed by atoms with Gasteiger partial charge < -0.3 is 20.6 Å². The Morgan fingerprint density at radius 2 is 2.10 bits per heavy atom. The lowest BCUT2D eigenvalue weighted by atomic mass is 10.0. The summed E-state index contributed by atoms with van der Waals surface area (Å²) in [7, 11) is 0. The number of nitrogens with one attached hydrogen (secondary N) is 1. The van der Waals surface area contributed by atoms with Crippen LogP contribution >= 0.6 is 0 Å². The third-order valence-corrected chi connectivity index (χ3v) is 1.79. The SMILES string of the molecule is OCC1NCC(O)C[C@@H]1O. The van der Waals surface area contributed by atoms with Crippen LogP contribution in [0.5, 0.6) is 0 Å². The van der Waals surface area contributed by atoms with E-state index in [0.717, 1.165) is 0 Å². The van der Waals surface area contributed by atoms with Gasteiger partial charge in [-0.3, -0.25) is 0 Å². The van der Waals surface area contributed by atoms with Gasteiger partial charge in [0.1, 0.15) is 0 Å². The predicted octanol–water partition coefficient (Wildman–Crippen LogP) is -1.94. The van der Waals surface area contributed by atoms with E-state index >= 15 is 0 Å². The molecule has 10 heavy (non-hydrogen) atoms. The lowest BCUT2D eigenvalue weighted by molar-refractivity contribution is 0.00654. The molecule has 1 aliphatic rings. The van der Waals surface area contributed by atoms with Crippen molar-refractivity contribution in [2.75, 3.05) is 13.2 Å². The van der Waals surface area contributed by atoms with E-state index in [-0.39, 0.29) is 12.6 Å². The van der Waals surface area contributed by atoms with Gasteiger partial charge in [0.25, 0.3) is 0 Å². The number of aliphatic hydroxyl groups excluding tert-OH is 3. The molecule has 1 heterocycles. The Morgan fingerprint density at radius 3 is 2.60 bits per heavy atom. The minimum atomic E-state index is -0.617. The van der Waals surface area contributed by atoms with Crippen LogP contribution in [0, 0.1) is 0 Å². The monoisotopic (exact) mass is 147 g/mol. The summed E-state index contributed by atoms with van der Waals surface area (Å²) in [6.45, 7) is 0.385. The van der Waals surface area contributed by atoms with Gasteiger partial charge in [0.2, 0.25) is 0 Å². The molecule has 4 N–H and O–H groups in total. The highest BCUT2D eigenvalue weighted by Gasteiger charge is 2.26. The Labute approximate surface area is 59.5 Å². The van der Waals surface area contributed by atoms with Gasteiger partial charge in [-0.15, -0.1) is 0 Å². The number of piperidine rings is 1. The zero-order valence-electron chi connectivity index (χ0n) is 5.70. The fourth-order valence-corrected chi connectivity index (χ4v) is 1.14. The van der Waals surface area contributed by atoms with Crippen LogP contribution in [0.25, 0.3) is 0 Å². The van der Waals surface area contributed by atoms with Gasteiger partial charge in [-0.25, -0.2) is 0 Å². The lowest BCUT2D eigenvalue weighted by Crippen LogP contribution is -2.52. The summed E-state index contributed by atoms with van der Waals surface area (Å²) in [5.41, 5.74) is 0. The quantitative estimate of drug-likeness (QED) is 0.348. The molecule has 0 aromatic rings. The van der Waals surface area contributed by atoms with Crippen LogP contribution in [0.3, 0.4) is 0 Å². The first-order chi connectivity index (χ1) is 4.74. The van der Waals surface area contributed by atoms with Crippen molar-refractivity contribution >= 4 is 0 Å². The molecule has 0 bridgehead atoms. The smallest absolute Gasteiger partial charge is 0.0740 e. The third-order valence-electron chi connectivity index (χ3n) is 1.79. The molecule has 4 heteroatoms. The molecule has 0 amide bonds. The molecule has 4 nitrogen and oxygen atoms in total. The molecule has 3 atom stereocenters. The fourth-order valence-electron chi connectivity index (χ4n) is 1.14. The summed E-state index contributed by atoms with van der Waals surface area (Å²) in [6, 6.07) is -0.261. The Balaban J connectivity index is 2.36. The van der Waals surface area contributed by atoms with Gasteiger partial charge in [0, 0.05) is 13.0 Å². The van der Waals surface area contributed by atoms with Crippen molar-refractivity contribution in [3.63, 3.8) is 0 Å². The van der Waals surface area contributed by atoms with Gasteiger partial charge in [-0.2, -0.15) is 0 Å². The van der Waals surface area contributed by atoms with Crippen molar-refractivity contribution in [3.8, 4) is 0 Å². The van der Waals surface area contributed by atoms with E-state index in [1.165, 1.54) is 0 Å². The van der Waals surface area contributed by atoms with Crippen LogP contribution in [-0.2, 0) is 0 Å². The van der Waals surface area contributed by atoms with Crippen molar-refractivity contribution in [3.05, 3.63) is 0 Å². The third kappa shape index (κ3) is 1.67. The highest BCUT2D eigenvalue weighted by Crippen LogP contribution is 2.07. The zero-order chi connectivity index (χ0) is 7.56. The standard InChI is InChI=1S/C6H13NO3/c8-3-5-6(10)1-4(9)2-7-5/h4-10H,1-3H2/t4?,5?,6-/m0/s1. The molecular weight excluding hydrogens is 134 g/mol. The van der Waals surface area contributed by atoms with Crippen LogP contribution in [0.1, 0.15) is 6.42 Å². The van der Waals surface area contributed by atoms with Gasteiger partial charge in [-0.05, 0) is 0 Å². The Morgan fingerprint density at radius 1 is 1.40 bits per heavy atom. The summed E-state index contributed by atoms with van der Waals surface area (Å²) >= 11 is 0. The molecular formula is C6H13NO3. The zero-order valence-corrected chi connectivity index (χ0v) is 5.70. The maximum absolute atomic E-state index is 9.16. The molecule has 1 rings (SSSR count). The molecule has 60 valence electrons. The molecule has 0 aliphatic carbocycles. The second-order valence-corrected chi connectivity index (χ2v) is 2.65. The summed E-state index contributed by atoms with van der Waals surface area (Å²) < 4.78 is 0. The molecule has 1 saturated heterocycles.